The predicted octanol–water partition coefficient (Wildman–Crippen LogP) is 0.672. The normalized spacial score (nSPS) is 34.0. The Morgan fingerprint density at radius 1 is 0.769 bits per heavy atom. The fourth-order valence-corrected chi connectivity index (χ4v) is 5.57. The quantitative estimate of drug-likeness (QED) is 0.312. The van der Waals surface area contributed by atoms with E-state index in [-0.39, 0.29) is 47.0 Å². The third kappa shape index (κ3) is 4.97. The molecule has 3 aliphatic rings. The molecule has 3 saturated heterocycles. The van der Waals surface area contributed by atoms with Gasteiger partial charge in [-0.05, 0) is 35.4 Å². The van der Waals surface area contributed by atoms with Crippen molar-refractivity contribution < 1.29 is 58.7 Å². The van der Waals surface area contributed by atoms with E-state index in [4.69, 9.17) is 33.2 Å². The SMILES string of the molecule is COc1cc([C@H]2OC[C@H]3[C@@H]2CO[C@@H]3c2cc(OC)c(O[C@H]3O[C@H](CO)[C@H](O)[C@H](O)[C@H]3O)c(OC)c2)ccc1O. The summed E-state index contributed by atoms with van der Waals surface area (Å²) in [5, 5.41) is 50.1. The van der Waals surface area contributed by atoms with E-state index in [1.54, 1.807) is 24.3 Å². The Hall–Kier alpha value is -2.84. The molecule has 39 heavy (non-hydrogen) atoms. The van der Waals surface area contributed by atoms with Crippen molar-refractivity contribution in [3.05, 3.63) is 41.5 Å². The molecule has 0 aromatic heterocycles. The Kier molecular flexibility index (Phi) is 8.06. The van der Waals surface area contributed by atoms with Crippen molar-refractivity contribution in [1.82, 2.24) is 0 Å². The van der Waals surface area contributed by atoms with Crippen LogP contribution < -0.4 is 18.9 Å². The monoisotopic (exact) mass is 550 g/mol. The van der Waals surface area contributed by atoms with E-state index in [2.05, 4.69) is 0 Å². The van der Waals surface area contributed by atoms with Gasteiger partial charge in [0, 0.05) is 11.8 Å². The maximum atomic E-state index is 10.4. The minimum atomic E-state index is -1.60. The van der Waals surface area contributed by atoms with Crippen molar-refractivity contribution in [1.29, 1.82) is 0 Å². The molecule has 0 radical (unpaired) electrons. The van der Waals surface area contributed by atoms with Crippen molar-refractivity contribution in [2.45, 2.75) is 42.9 Å². The van der Waals surface area contributed by atoms with Gasteiger partial charge in [-0.2, -0.15) is 0 Å². The van der Waals surface area contributed by atoms with Gasteiger partial charge >= 0.3 is 0 Å². The van der Waals surface area contributed by atoms with Gasteiger partial charge in [-0.3, -0.25) is 0 Å². The van der Waals surface area contributed by atoms with Gasteiger partial charge in [0.05, 0.1) is 53.4 Å². The number of aliphatic hydroxyl groups is 4. The molecule has 0 aliphatic carbocycles. The largest absolute Gasteiger partial charge is 0.504 e. The molecule has 0 unspecified atom stereocenters. The highest BCUT2D eigenvalue weighted by Crippen LogP contribution is 2.53. The Bertz CT molecular complexity index is 1130. The molecule has 214 valence electrons. The van der Waals surface area contributed by atoms with Crippen molar-refractivity contribution in [2.75, 3.05) is 41.2 Å². The van der Waals surface area contributed by atoms with Crippen LogP contribution in [0.4, 0.5) is 0 Å². The van der Waals surface area contributed by atoms with E-state index in [1.807, 2.05) is 6.07 Å². The van der Waals surface area contributed by atoms with Crippen LogP contribution >= 0.6 is 0 Å². The molecule has 0 bridgehead atoms. The number of hydrogen-bond acceptors (Lipinski definition) is 12. The number of aliphatic hydroxyl groups excluding tert-OH is 4. The van der Waals surface area contributed by atoms with Crippen LogP contribution in [0.2, 0.25) is 0 Å². The van der Waals surface area contributed by atoms with Crippen LogP contribution in [-0.4, -0.2) is 97.4 Å². The van der Waals surface area contributed by atoms with Gasteiger partial charge < -0.3 is 58.7 Å². The third-order valence-electron chi connectivity index (χ3n) is 7.69. The molecule has 2 aromatic carbocycles. The summed E-state index contributed by atoms with van der Waals surface area (Å²) in [5.74, 6) is 1.17. The van der Waals surface area contributed by atoms with Crippen molar-refractivity contribution in [3.8, 4) is 28.7 Å². The van der Waals surface area contributed by atoms with Crippen LogP contribution in [0.25, 0.3) is 0 Å². The molecule has 3 heterocycles. The van der Waals surface area contributed by atoms with Crippen molar-refractivity contribution in [3.63, 3.8) is 0 Å². The summed E-state index contributed by atoms with van der Waals surface area (Å²) in [6.45, 7) is 0.327. The molecule has 2 aromatic rings. The number of rotatable bonds is 8. The molecule has 0 spiro atoms. The Balaban J connectivity index is 1.38. The minimum absolute atomic E-state index is 0.0291. The van der Waals surface area contributed by atoms with E-state index in [9.17, 15) is 25.5 Å². The summed E-state index contributed by atoms with van der Waals surface area (Å²) in [6, 6.07) is 8.65. The van der Waals surface area contributed by atoms with E-state index < -0.39 is 37.3 Å². The Morgan fingerprint density at radius 3 is 1.90 bits per heavy atom. The zero-order valence-corrected chi connectivity index (χ0v) is 21.8. The second kappa shape index (κ2) is 11.3. The molecule has 9 atom stereocenters. The summed E-state index contributed by atoms with van der Waals surface area (Å²) in [4.78, 5) is 0. The van der Waals surface area contributed by atoms with E-state index >= 15 is 0 Å². The van der Waals surface area contributed by atoms with Crippen LogP contribution in [-0.2, 0) is 14.2 Å². The number of hydrogen-bond donors (Lipinski definition) is 5. The first-order valence-corrected chi connectivity index (χ1v) is 12.6. The average Bonchev–Trinajstić information content (AvgIpc) is 3.56. The van der Waals surface area contributed by atoms with Gasteiger partial charge in [-0.25, -0.2) is 0 Å². The van der Waals surface area contributed by atoms with Gasteiger partial charge in [0.1, 0.15) is 24.4 Å². The fourth-order valence-electron chi connectivity index (χ4n) is 5.57. The minimum Gasteiger partial charge on any atom is -0.504 e. The lowest BCUT2D eigenvalue weighted by Gasteiger charge is -2.39. The van der Waals surface area contributed by atoms with Crippen LogP contribution in [0.15, 0.2) is 30.3 Å². The lowest BCUT2D eigenvalue weighted by molar-refractivity contribution is -0.277. The van der Waals surface area contributed by atoms with E-state index in [0.29, 0.717) is 19.0 Å². The molecule has 5 rings (SSSR count). The molecule has 0 amide bonds. The number of methoxy groups -OCH3 is 3. The maximum Gasteiger partial charge on any atom is 0.229 e. The average molecular weight is 551 g/mol. The number of phenols is 1. The zero-order chi connectivity index (χ0) is 27.8. The van der Waals surface area contributed by atoms with E-state index in [1.165, 1.54) is 21.3 Å². The predicted molar refractivity (Wildman–Crippen MR) is 133 cm³/mol. The first-order valence-electron chi connectivity index (χ1n) is 12.6. The highest BCUT2D eigenvalue weighted by atomic mass is 16.7. The molecule has 5 N–H and O–H groups in total. The first-order chi connectivity index (χ1) is 18.8. The second-order valence-corrected chi connectivity index (χ2v) is 9.84. The molecular weight excluding hydrogens is 516 g/mol. The van der Waals surface area contributed by atoms with Gasteiger partial charge in [-0.15, -0.1) is 0 Å². The van der Waals surface area contributed by atoms with Crippen LogP contribution in [0, 0.1) is 11.8 Å². The maximum absolute atomic E-state index is 10.4. The molecule has 12 heteroatoms. The second-order valence-electron chi connectivity index (χ2n) is 9.84. The lowest BCUT2D eigenvalue weighted by Crippen LogP contribution is -2.60. The number of fused-ring (bicyclic) bond motifs is 1. The number of aromatic hydroxyl groups is 1. The summed E-state index contributed by atoms with van der Waals surface area (Å²) >= 11 is 0. The number of phenolic OH excluding ortho intramolecular Hbond substituents is 1. The topological polar surface area (TPSA) is 166 Å². The van der Waals surface area contributed by atoms with Crippen LogP contribution in [0.5, 0.6) is 28.7 Å². The van der Waals surface area contributed by atoms with E-state index in [0.717, 1.165) is 11.1 Å². The standard InChI is InChI=1S/C27H34O12/c1-33-17-6-12(4-5-16(17)29)24-14-10-37-25(15(14)11-36-24)13-7-18(34-2)26(19(8-13)35-3)39-27-23(32)22(31)21(30)20(9-28)38-27/h4-8,14-15,20-25,27-32H,9-11H2,1-3H3/t14-,15-,20+,21-,22-,23+,24+,25+,27+/m0/s1. The number of ether oxygens (including phenoxy) is 7. The highest BCUT2D eigenvalue weighted by molar-refractivity contribution is 5.55. The first kappa shape index (κ1) is 27.7. The highest BCUT2D eigenvalue weighted by Gasteiger charge is 2.49. The molecule has 12 nitrogen and oxygen atoms in total. The lowest BCUT2D eigenvalue weighted by atomic mass is 9.84. The summed E-state index contributed by atoms with van der Waals surface area (Å²) in [6.07, 6.45) is -7.80. The van der Waals surface area contributed by atoms with Crippen molar-refractivity contribution >= 4 is 0 Å². The molecular formula is C27H34O12. The van der Waals surface area contributed by atoms with Gasteiger partial charge in [0.2, 0.25) is 12.0 Å². The van der Waals surface area contributed by atoms with Gasteiger partial charge in [0.15, 0.2) is 23.0 Å². The summed E-state index contributed by atoms with van der Waals surface area (Å²) in [7, 11) is 4.39. The number of benzene rings is 2. The van der Waals surface area contributed by atoms with Gasteiger partial charge in [0.25, 0.3) is 0 Å². The van der Waals surface area contributed by atoms with Gasteiger partial charge in [-0.1, -0.05) is 6.07 Å². The smallest absolute Gasteiger partial charge is 0.229 e. The Labute approximate surface area is 225 Å². The molecule has 3 aliphatic heterocycles. The van der Waals surface area contributed by atoms with Crippen LogP contribution in [0.3, 0.4) is 0 Å². The van der Waals surface area contributed by atoms with Crippen LogP contribution in [0.1, 0.15) is 23.3 Å². The Morgan fingerprint density at radius 2 is 1.33 bits per heavy atom. The zero-order valence-electron chi connectivity index (χ0n) is 21.8. The third-order valence-corrected chi connectivity index (χ3v) is 7.69. The fraction of sp³-hybridized carbons (Fsp3) is 0.556. The molecule has 3 fully saturated rings. The molecule has 0 saturated carbocycles. The summed E-state index contributed by atoms with van der Waals surface area (Å²) in [5.41, 5.74) is 1.66. The van der Waals surface area contributed by atoms with Crippen molar-refractivity contribution in [2.24, 2.45) is 11.8 Å². The summed E-state index contributed by atoms with van der Waals surface area (Å²) < 4.78 is 40.2.